The summed E-state index contributed by atoms with van der Waals surface area (Å²) in [7, 11) is 2.21. The van der Waals surface area contributed by atoms with Crippen LogP contribution in [0.2, 0.25) is 0 Å². The molecule has 0 radical (unpaired) electrons. The summed E-state index contributed by atoms with van der Waals surface area (Å²) in [5.41, 5.74) is 1.29. The molecule has 150 valence electrons. The number of likely N-dealkylation sites (tertiary alicyclic amines) is 2. The van der Waals surface area contributed by atoms with Crippen molar-refractivity contribution in [1.82, 2.24) is 15.1 Å². The monoisotopic (exact) mass is 379 g/mol. The topological polar surface area (TPSA) is 35.6 Å². The third kappa shape index (κ3) is 4.73. The average Bonchev–Trinajstić information content (AvgIpc) is 2.74. The SMILES string of the molecule is CN1CCC(N2CCCC(C(=O)NCCc3ccc4ccccc4c3)C2)CC1. The molecule has 2 fully saturated rings. The smallest absolute Gasteiger partial charge is 0.224 e. The highest BCUT2D eigenvalue weighted by Crippen LogP contribution is 2.23. The molecule has 0 spiro atoms. The van der Waals surface area contributed by atoms with Gasteiger partial charge < -0.3 is 10.2 Å². The molecule has 2 aromatic carbocycles. The van der Waals surface area contributed by atoms with Crippen molar-refractivity contribution in [3.8, 4) is 0 Å². The maximum atomic E-state index is 12.7. The molecule has 1 unspecified atom stereocenters. The lowest BCUT2D eigenvalue weighted by Gasteiger charge is -2.41. The third-order valence-corrected chi connectivity index (χ3v) is 6.55. The van der Waals surface area contributed by atoms with Crippen molar-refractivity contribution in [2.75, 3.05) is 39.8 Å². The van der Waals surface area contributed by atoms with E-state index in [0.717, 1.165) is 38.9 Å². The first-order valence-corrected chi connectivity index (χ1v) is 10.9. The summed E-state index contributed by atoms with van der Waals surface area (Å²) >= 11 is 0. The van der Waals surface area contributed by atoms with Gasteiger partial charge in [0.1, 0.15) is 0 Å². The molecule has 1 atom stereocenters. The Labute approximate surface area is 168 Å². The number of rotatable bonds is 5. The lowest BCUT2D eigenvalue weighted by molar-refractivity contribution is -0.127. The molecular formula is C24H33N3O. The number of carbonyl (C=O) groups is 1. The number of hydrogen-bond donors (Lipinski definition) is 1. The zero-order valence-electron chi connectivity index (χ0n) is 17.1. The maximum Gasteiger partial charge on any atom is 0.224 e. The van der Waals surface area contributed by atoms with Crippen LogP contribution in [0.5, 0.6) is 0 Å². The highest BCUT2D eigenvalue weighted by molar-refractivity contribution is 5.83. The zero-order valence-corrected chi connectivity index (χ0v) is 17.1. The molecule has 0 aromatic heterocycles. The summed E-state index contributed by atoms with van der Waals surface area (Å²) in [6.45, 7) is 5.20. The largest absolute Gasteiger partial charge is 0.355 e. The fourth-order valence-corrected chi connectivity index (χ4v) is 4.78. The van der Waals surface area contributed by atoms with Gasteiger partial charge in [-0.2, -0.15) is 0 Å². The molecule has 1 N–H and O–H groups in total. The van der Waals surface area contributed by atoms with Crippen LogP contribution in [0.3, 0.4) is 0 Å². The second-order valence-corrected chi connectivity index (χ2v) is 8.59. The molecule has 1 amide bonds. The number of carbonyl (C=O) groups excluding carboxylic acids is 1. The lowest BCUT2D eigenvalue weighted by atomic mass is 9.93. The van der Waals surface area contributed by atoms with E-state index in [0.29, 0.717) is 6.04 Å². The molecule has 2 aromatic rings. The Morgan fingerprint density at radius 2 is 1.82 bits per heavy atom. The minimum absolute atomic E-state index is 0.157. The number of nitrogens with zero attached hydrogens (tertiary/aromatic N) is 2. The second-order valence-electron chi connectivity index (χ2n) is 8.59. The highest BCUT2D eigenvalue weighted by atomic mass is 16.1. The molecule has 2 heterocycles. The Hall–Kier alpha value is -1.91. The molecule has 2 saturated heterocycles. The average molecular weight is 380 g/mol. The van der Waals surface area contributed by atoms with Gasteiger partial charge in [0.15, 0.2) is 0 Å². The summed E-state index contributed by atoms with van der Waals surface area (Å²) in [6.07, 6.45) is 5.56. The van der Waals surface area contributed by atoms with Gasteiger partial charge in [-0.1, -0.05) is 42.5 Å². The van der Waals surface area contributed by atoms with Crippen LogP contribution >= 0.6 is 0 Å². The fourth-order valence-electron chi connectivity index (χ4n) is 4.78. The van der Waals surface area contributed by atoms with Crippen LogP contribution in [-0.4, -0.2) is 61.5 Å². The summed E-state index contributed by atoms with van der Waals surface area (Å²) in [6, 6.07) is 15.7. The highest BCUT2D eigenvalue weighted by Gasteiger charge is 2.30. The van der Waals surface area contributed by atoms with E-state index in [1.54, 1.807) is 0 Å². The Balaban J connectivity index is 1.26. The maximum absolute atomic E-state index is 12.7. The molecule has 28 heavy (non-hydrogen) atoms. The van der Waals surface area contributed by atoms with Gasteiger partial charge in [0.05, 0.1) is 5.92 Å². The van der Waals surface area contributed by atoms with E-state index in [-0.39, 0.29) is 11.8 Å². The van der Waals surface area contributed by atoms with Crippen LogP contribution < -0.4 is 5.32 Å². The van der Waals surface area contributed by atoms with Crippen molar-refractivity contribution >= 4 is 16.7 Å². The van der Waals surface area contributed by atoms with Crippen molar-refractivity contribution in [3.63, 3.8) is 0 Å². The second kappa shape index (κ2) is 9.06. The predicted octanol–water partition coefficient (Wildman–Crippen LogP) is 3.30. The molecule has 4 rings (SSSR count). The molecule has 0 saturated carbocycles. The Kier molecular flexibility index (Phi) is 6.28. The number of amides is 1. The molecule has 2 aliphatic rings. The van der Waals surface area contributed by atoms with Crippen LogP contribution in [0, 0.1) is 5.92 Å². The Bertz CT molecular complexity index is 797. The van der Waals surface area contributed by atoms with Gasteiger partial charge in [-0.15, -0.1) is 0 Å². The molecule has 2 aliphatic heterocycles. The van der Waals surface area contributed by atoms with Gasteiger partial charge in [0.2, 0.25) is 5.91 Å². The van der Waals surface area contributed by atoms with Crippen LogP contribution in [0.25, 0.3) is 10.8 Å². The van der Waals surface area contributed by atoms with Crippen LogP contribution in [0.4, 0.5) is 0 Å². The van der Waals surface area contributed by atoms with Crippen LogP contribution in [0.15, 0.2) is 42.5 Å². The minimum Gasteiger partial charge on any atom is -0.355 e. The summed E-state index contributed by atoms with van der Waals surface area (Å²) < 4.78 is 0. The quantitative estimate of drug-likeness (QED) is 0.866. The van der Waals surface area contributed by atoms with Gasteiger partial charge in [-0.3, -0.25) is 9.69 Å². The summed E-state index contributed by atoms with van der Waals surface area (Å²) in [5, 5.41) is 5.75. The lowest BCUT2D eigenvalue weighted by Crippen LogP contribution is -2.50. The fraction of sp³-hybridized carbons (Fsp3) is 0.542. The van der Waals surface area contributed by atoms with Gasteiger partial charge >= 0.3 is 0 Å². The van der Waals surface area contributed by atoms with Crippen molar-refractivity contribution in [3.05, 3.63) is 48.0 Å². The normalized spacial score (nSPS) is 22.4. The van der Waals surface area contributed by atoms with Crippen molar-refractivity contribution in [2.24, 2.45) is 5.92 Å². The zero-order chi connectivity index (χ0) is 19.3. The molecule has 0 aliphatic carbocycles. The van der Waals surface area contributed by atoms with Crippen molar-refractivity contribution < 1.29 is 4.79 Å². The van der Waals surface area contributed by atoms with E-state index in [4.69, 9.17) is 0 Å². The van der Waals surface area contributed by atoms with Gasteiger partial charge in [-0.25, -0.2) is 0 Å². The molecular weight excluding hydrogens is 346 g/mol. The number of fused-ring (bicyclic) bond motifs is 1. The first-order valence-electron chi connectivity index (χ1n) is 10.9. The van der Waals surface area contributed by atoms with Crippen molar-refractivity contribution in [2.45, 2.75) is 38.1 Å². The van der Waals surface area contributed by atoms with E-state index < -0.39 is 0 Å². The first-order chi connectivity index (χ1) is 13.7. The number of benzene rings is 2. The number of piperidine rings is 2. The Morgan fingerprint density at radius 1 is 1.04 bits per heavy atom. The van der Waals surface area contributed by atoms with Crippen LogP contribution in [0.1, 0.15) is 31.2 Å². The van der Waals surface area contributed by atoms with Gasteiger partial charge in [0, 0.05) is 19.1 Å². The molecule has 0 bridgehead atoms. The number of hydrogen-bond acceptors (Lipinski definition) is 3. The molecule has 4 nitrogen and oxygen atoms in total. The van der Waals surface area contributed by atoms with E-state index in [9.17, 15) is 4.79 Å². The van der Waals surface area contributed by atoms with Gasteiger partial charge in [0.25, 0.3) is 0 Å². The number of nitrogens with one attached hydrogen (secondary N) is 1. The standard InChI is InChI=1S/C24H33N3O/c1-26-15-11-23(12-16-26)27-14-4-7-22(18-27)24(28)25-13-10-19-8-9-20-5-2-3-6-21(20)17-19/h2-3,5-6,8-9,17,22-23H,4,7,10-16,18H2,1H3,(H,25,28). The van der Waals surface area contributed by atoms with Crippen LogP contribution in [-0.2, 0) is 11.2 Å². The van der Waals surface area contributed by atoms with Crippen molar-refractivity contribution in [1.29, 1.82) is 0 Å². The van der Waals surface area contributed by atoms with Gasteiger partial charge in [-0.05, 0) is 75.1 Å². The van der Waals surface area contributed by atoms with E-state index in [1.165, 1.54) is 42.3 Å². The summed E-state index contributed by atoms with van der Waals surface area (Å²) in [5.74, 6) is 0.406. The Morgan fingerprint density at radius 3 is 2.64 bits per heavy atom. The summed E-state index contributed by atoms with van der Waals surface area (Å²) in [4.78, 5) is 17.7. The van der Waals surface area contributed by atoms with E-state index in [2.05, 4.69) is 64.6 Å². The first kappa shape index (κ1) is 19.4. The minimum atomic E-state index is 0.157. The predicted molar refractivity (Wildman–Crippen MR) is 115 cm³/mol. The van der Waals surface area contributed by atoms with E-state index in [1.807, 2.05) is 0 Å². The van der Waals surface area contributed by atoms with E-state index >= 15 is 0 Å². The molecule has 4 heteroatoms. The third-order valence-electron chi connectivity index (χ3n) is 6.55.